The number of nitrogens with one attached hydrogen (secondary N) is 1. The van der Waals surface area contributed by atoms with E-state index in [9.17, 15) is 4.79 Å². The van der Waals surface area contributed by atoms with Crippen LogP contribution in [0.25, 0.3) is 10.8 Å². The Labute approximate surface area is 204 Å². The molecule has 0 atom stereocenters. The first-order valence-corrected chi connectivity index (χ1v) is 11.6. The molecule has 0 unspecified atom stereocenters. The summed E-state index contributed by atoms with van der Waals surface area (Å²) in [5.41, 5.74) is 4.72. The zero-order valence-electron chi connectivity index (χ0n) is 20.0. The molecule has 6 heteroatoms. The minimum Gasteiger partial charge on any atom is -0.485 e. The van der Waals surface area contributed by atoms with Crippen molar-refractivity contribution in [3.8, 4) is 5.75 Å². The molecule has 0 radical (unpaired) electrons. The van der Waals surface area contributed by atoms with Gasteiger partial charge in [0, 0.05) is 5.39 Å². The smallest absolute Gasteiger partial charge is 0.291 e. The number of benzene rings is 3. The van der Waals surface area contributed by atoms with E-state index in [1.807, 2.05) is 67.1 Å². The average Bonchev–Trinajstić information content (AvgIpc) is 3.43. The molecule has 0 saturated heterocycles. The number of carbonyl (C=O) groups is 1. The summed E-state index contributed by atoms with van der Waals surface area (Å²) < 4.78 is 13.7. The lowest BCUT2D eigenvalue weighted by Gasteiger charge is -2.08. The molecule has 2 heterocycles. The molecule has 2 aromatic heterocycles. The van der Waals surface area contributed by atoms with Crippen molar-refractivity contribution in [1.82, 2.24) is 9.78 Å². The van der Waals surface area contributed by atoms with Crippen molar-refractivity contribution in [3.63, 3.8) is 0 Å². The Morgan fingerprint density at radius 2 is 1.77 bits per heavy atom. The number of aromatic nitrogens is 2. The highest BCUT2D eigenvalue weighted by Gasteiger charge is 2.18. The van der Waals surface area contributed by atoms with Crippen LogP contribution in [0.2, 0.25) is 0 Å². The van der Waals surface area contributed by atoms with Gasteiger partial charge in [-0.15, -0.1) is 0 Å². The van der Waals surface area contributed by atoms with Gasteiger partial charge >= 0.3 is 0 Å². The number of hydrogen-bond acceptors (Lipinski definition) is 4. The number of anilines is 1. The maximum absolute atomic E-state index is 12.9. The first kappa shape index (κ1) is 22.5. The molecule has 35 heavy (non-hydrogen) atoms. The number of nitrogens with zero attached hydrogens (tertiary/aromatic N) is 2. The third-order valence-corrected chi connectivity index (χ3v) is 6.04. The number of hydrogen-bond donors (Lipinski definition) is 1. The van der Waals surface area contributed by atoms with E-state index in [0.29, 0.717) is 18.0 Å². The second-order valence-electron chi connectivity index (χ2n) is 8.68. The summed E-state index contributed by atoms with van der Waals surface area (Å²) in [6.45, 7) is 6.79. The maximum Gasteiger partial charge on any atom is 0.291 e. The number of furan rings is 1. The molecule has 0 spiro atoms. The standard InChI is InChI=1S/C29H27N3O3/c1-19-8-6-9-22(16-19)17-32-21(3)28(20(2)31-32)30-29(33)27-15-14-24(35-27)18-34-26-13-7-11-23-10-4-5-12-25(23)26/h4-16H,17-18H2,1-3H3,(H,30,33). The number of rotatable bonds is 7. The molecule has 0 saturated carbocycles. The van der Waals surface area contributed by atoms with Crippen LogP contribution in [0.1, 0.15) is 38.8 Å². The van der Waals surface area contributed by atoms with Crippen molar-refractivity contribution >= 4 is 22.4 Å². The molecule has 5 rings (SSSR count). The molecule has 1 N–H and O–H groups in total. The Morgan fingerprint density at radius 3 is 2.63 bits per heavy atom. The molecule has 0 aliphatic carbocycles. The van der Waals surface area contributed by atoms with Gasteiger partial charge in [0.15, 0.2) is 5.76 Å². The molecule has 0 aliphatic heterocycles. The van der Waals surface area contributed by atoms with Crippen LogP contribution in [0, 0.1) is 20.8 Å². The molecule has 0 bridgehead atoms. The third kappa shape index (κ3) is 4.82. The van der Waals surface area contributed by atoms with Gasteiger partial charge in [-0.05, 0) is 49.9 Å². The Bertz CT molecular complexity index is 1510. The Hall–Kier alpha value is -4.32. The summed E-state index contributed by atoms with van der Waals surface area (Å²) in [6.07, 6.45) is 0. The van der Waals surface area contributed by atoms with Gasteiger partial charge in [-0.3, -0.25) is 9.48 Å². The summed E-state index contributed by atoms with van der Waals surface area (Å²) in [5, 5.41) is 9.74. The van der Waals surface area contributed by atoms with Gasteiger partial charge < -0.3 is 14.5 Å². The van der Waals surface area contributed by atoms with Crippen LogP contribution in [-0.4, -0.2) is 15.7 Å². The normalized spacial score (nSPS) is 11.1. The molecule has 0 fully saturated rings. The first-order chi connectivity index (χ1) is 17.0. The van der Waals surface area contributed by atoms with Crippen molar-refractivity contribution in [3.05, 3.63) is 113 Å². The molecular weight excluding hydrogens is 438 g/mol. The number of carbonyl (C=O) groups excluding carboxylic acids is 1. The Morgan fingerprint density at radius 1 is 0.971 bits per heavy atom. The van der Waals surface area contributed by atoms with Crippen LogP contribution in [-0.2, 0) is 13.2 Å². The van der Waals surface area contributed by atoms with Crippen LogP contribution in [0.4, 0.5) is 5.69 Å². The van der Waals surface area contributed by atoms with Gasteiger partial charge in [0.05, 0.1) is 23.6 Å². The van der Waals surface area contributed by atoms with E-state index in [0.717, 1.165) is 33.5 Å². The van der Waals surface area contributed by atoms with Crippen LogP contribution < -0.4 is 10.1 Å². The fourth-order valence-corrected chi connectivity index (χ4v) is 4.24. The minimum atomic E-state index is -0.317. The lowest BCUT2D eigenvalue weighted by Crippen LogP contribution is -2.12. The minimum absolute atomic E-state index is 0.228. The monoisotopic (exact) mass is 465 g/mol. The van der Waals surface area contributed by atoms with Crippen molar-refractivity contribution in [2.45, 2.75) is 33.9 Å². The number of fused-ring (bicyclic) bond motifs is 1. The fraction of sp³-hybridized carbons (Fsp3) is 0.172. The van der Waals surface area contributed by atoms with E-state index in [1.54, 1.807) is 12.1 Å². The van der Waals surface area contributed by atoms with E-state index in [4.69, 9.17) is 9.15 Å². The van der Waals surface area contributed by atoms with E-state index in [2.05, 4.69) is 35.5 Å². The molecule has 3 aromatic carbocycles. The zero-order chi connectivity index (χ0) is 24.4. The summed E-state index contributed by atoms with van der Waals surface area (Å²) in [7, 11) is 0. The van der Waals surface area contributed by atoms with Crippen molar-refractivity contribution in [2.24, 2.45) is 0 Å². The van der Waals surface area contributed by atoms with Gasteiger partial charge in [-0.2, -0.15) is 5.10 Å². The number of amides is 1. The second kappa shape index (κ2) is 9.50. The van der Waals surface area contributed by atoms with Crippen LogP contribution >= 0.6 is 0 Å². The SMILES string of the molecule is Cc1cccc(Cn2nc(C)c(NC(=O)c3ccc(COc4cccc5ccccc45)o3)c2C)c1. The van der Waals surface area contributed by atoms with E-state index in [1.165, 1.54) is 5.56 Å². The highest BCUT2D eigenvalue weighted by Crippen LogP contribution is 2.26. The van der Waals surface area contributed by atoms with Gasteiger partial charge in [-0.25, -0.2) is 0 Å². The lowest BCUT2D eigenvalue weighted by atomic mass is 10.1. The van der Waals surface area contributed by atoms with E-state index < -0.39 is 0 Å². The van der Waals surface area contributed by atoms with E-state index in [-0.39, 0.29) is 18.3 Å². The van der Waals surface area contributed by atoms with Crippen LogP contribution in [0.15, 0.2) is 83.3 Å². The third-order valence-electron chi connectivity index (χ3n) is 6.04. The molecular formula is C29H27N3O3. The molecule has 6 nitrogen and oxygen atoms in total. The second-order valence-corrected chi connectivity index (χ2v) is 8.68. The topological polar surface area (TPSA) is 69.3 Å². The average molecular weight is 466 g/mol. The molecule has 176 valence electrons. The van der Waals surface area contributed by atoms with E-state index >= 15 is 0 Å². The lowest BCUT2D eigenvalue weighted by molar-refractivity contribution is 0.0992. The van der Waals surface area contributed by atoms with Gasteiger partial charge in [-0.1, -0.05) is 66.2 Å². The highest BCUT2D eigenvalue weighted by molar-refractivity contribution is 6.03. The van der Waals surface area contributed by atoms with Gasteiger partial charge in [0.2, 0.25) is 0 Å². The first-order valence-electron chi connectivity index (χ1n) is 11.6. The number of aryl methyl sites for hydroxylation is 2. The Kier molecular flexibility index (Phi) is 6.10. The van der Waals surface area contributed by atoms with Gasteiger partial charge in [0.1, 0.15) is 18.1 Å². The summed E-state index contributed by atoms with van der Waals surface area (Å²) in [4.78, 5) is 12.9. The van der Waals surface area contributed by atoms with Crippen molar-refractivity contribution in [1.29, 1.82) is 0 Å². The summed E-state index contributed by atoms with van der Waals surface area (Å²) in [5.74, 6) is 1.26. The molecule has 5 aromatic rings. The van der Waals surface area contributed by atoms with Crippen molar-refractivity contribution < 1.29 is 13.9 Å². The van der Waals surface area contributed by atoms with Gasteiger partial charge in [0.25, 0.3) is 5.91 Å². The quantitative estimate of drug-likeness (QED) is 0.301. The Balaban J connectivity index is 1.26. The molecule has 1 amide bonds. The van der Waals surface area contributed by atoms with Crippen molar-refractivity contribution in [2.75, 3.05) is 5.32 Å². The van der Waals surface area contributed by atoms with Crippen LogP contribution in [0.5, 0.6) is 5.75 Å². The zero-order valence-corrected chi connectivity index (χ0v) is 20.0. The molecule has 0 aliphatic rings. The highest BCUT2D eigenvalue weighted by atomic mass is 16.5. The fourth-order valence-electron chi connectivity index (χ4n) is 4.24. The predicted octanol–water partition coefficient (Wildman–Crippen LogP) is 6.43. The van der Waals surface area contributed by atoms with Crippen LogP contribution in [0.3, 0.4) is 0 Å². The number of ether oxygens (including phenoxy) is 1. The predicted molar refractivity (Wildman–Crippen MR) is 137 cm³/mol. The largest absolute Gasteiger partial charge is 0.485 e. The summed E-state index contributed by atoms with van der Waals surface area (Å²) in [6, 6.07) is 25.7. The summed E-state index contributed by atoms with van der Waals surface area (Å²) >= 11 is 0. The maximum atomic E-state index is 12.9.